The summed E-state index contributed by atoms with van der Waals surface area (Å²) in [6.45, 7) is 6.00. The van der Waals surface area contributed by atoms with Crippen LogP contribution in [-0.4, -0.2) is 103 Å². The topological polar surface area (TPSA) is 137 Å². The van der Waals surface area contributed by atoms with Gasteiger partial charge >= 0.3 is 12.1 Å². The zero-order valence-electron chi connectivity index (χ0n) is 19.6. The molecule has 0 unspecified atom stereocenters. The van der Waals surface area contributed by atoms with Crippen molar-refractivity contribution in [2.45, 2.75) is 32.4 Å². The summed E-state index contributed by atoms with van der Waals surface area (Å²) < 4.78 is 30.1. The maximum absolute atomic E-state index is 12.9. The molecule has 2 aliphatic rings. The van der Waals surface area contributed by atoms with E-state index in [0.717, 1.165) is 4.90 Å². The van der Waals surface area contributed by atoms with Gasteiger partial charge in [0.25, 0.3) is 0 Å². The quantitative estimate of drug-likeness (QED) is 0.536. The first-order valence-corrected chi connectivity index (χ1v) is 13.1. The maximum atomic E-state index is 12.9. The highest BCUT2D eigenvalue weighted by Gasteiger charge is 2.42. The minimum absolute atomic E-state index is 0.174. The van der Waals surface area contributed by atoms with Gasteiger partial charge in [-0.1, -0.05) is 13.8 Å². The molecular formula is C22H32N4O7S. The summed E-state index contributed by atoms with van der Waals surface area (Å²) in [4.78, 5) is 39.9. The van der Waals surface area contributed by atoms with Crippen molar-refractivity contribution in [1.82, 2.24) is 14.1 Å². The van der Waals surface area contributed by atoms with Gasteiger partial charge in [0.1, 0.15) is 6.04 Å². The Labute approximate surface area is 199 Å². The number of esters is 1. The molecule has 0 aromatic heterocycles. The van der Waals surface area contributed by atoms with Crippen LogP contribution in [0.1, 0.15) is 30.6 Å². The lowest BCUT2D eigenvalue weighted by Crippen LogP contribution is -2.52. The first-order valence-electron chi connectivity index (χ1n) is 11.2. The molecule has 2 amide bonds. The van der Waals surface area contributed by atoms with Crippen LogP contribution in [0.25, 0.3) is 0 Å². The Bertz CT molecular complexity index is 1000. The monoisotopic (exact) mass is 496 g/mol. The van der Waals surface area contributed by atoms with E-state index in [0.29, 0.717) is 50.5 Å². The van der Waals surface area contributed by atoms with Gasteiger partial charge in [-0.2, -0.15) is 4.31 Å². The number of nitrogens with zero attached hydrogens (tertiary/aromatic N) is 3. The molecule has 11 nitrogen and oxygen atoms in total. The summed E-state index contributed by atoms with van der Waals surface area (Å²) in [5.41, 5.74) is 0.806. The first-order chi connectivity index (χ1) is 16.0. The third-order valence-corrected chi connectivity index (χ3v) is 7.33. The van der Waals surface area contributed by atoms with Crippen LogP contribution >= 0.6 is 0 Å². The number of amides is 2. The summed E-state index contributed by atoms with van der Waals surface area (Å²) in [6, 6.07) is 5.20. The number of sulfonamides is 1. The Morgan fingerprint density at radius 2 is 1.74 bits per heavy atom. The Balaban J connectivity index is 1.60. The van der Waals surface area contributed by atoms with Gasteiger partial charge in [0, 0.05) is 44.5 Å². The molecule has 188 valence electrons. The molecule has 3 rings (SSSR count). The Morgan fingerprint density at radius 3 is 2.26 bits per heavy atom. The number of rotatable bonds is 7. The average molecular weight is 497 g/mol. The van der Waals surface area contributed by atoms with E-state index < -0.39 is 34.0 Å². The summed E-state index contributed by atoms with van der Waals surface area (Å²) >= 11 is 0. The molecule has 2 atom stereocenters. The Morgan fingerprint density at radius 1 is 1.12 bits per heavy atom. The summed E-state index contributed by atoms with van der Waals surface area (Å²) in [5, 5.41) is 12.4. The lowest BCUT2D eigenvalue weighted by molar-refractivity contribution is -0.119. The van der Waals surface area contributed by atoms with Crippen molar-refractivity contribution in [1.29, 1.82) is 0 Å². The number of ether oxygens (including phenoxy) is 1. The van der Waals surface area contributed by atoms with Crippen molar-refractivity contribution in [3.8, 4) is 0 Å². The number of benzene rings is 1. The van der Waals surface area contributed by atoms with E-state index in [1.54, 1.807) is 24.3 Å². The van der Waals surface area contributed by atoms with Crippen LogP contribution in [-0.2, 0) is 19.6 Å². The zero-order valence-corrected chi connectivity index (χ0v) is 20.5. The highest BCUT2D eigenvalue weighted by molar-refractivity contribution is 7.88. The summed E-state index contributed by atoms with van der Waals surface area (Å²) in [7, 11) is -3.26. The second kappa shape index (κ2) is 10.7. The van der Waals surface area contributed by atoms with Gasteiger partial charge in [-0.15, -0.1) is 0 Å². The largest absolute Gasteiger partial charge is 0.465 e. The summed E-state index contributed by atoms with van der Waals surface area (Å²) in [5.74, 6) is -0.675. The van der Waals surface area contributed by atoms with E-state index in [9.17, 15) is 27.9 Å². The molecular weight excluding hydrogens is 464 g/mol. The lowest BCUT2D eigenvalue weighted by Gasteiger charge is -2.36. The number of hydrogen-bond donors (Lipinski definition) is 2. The minimum Gasteiger partial charge on any atom is -0.465 e. The van der Waals surface area contributed by atoms with Gasteiger partial charge in [-0.25, -0.2) is 18.0 Å². The van der Waals surface area contributed by atoms with Crippen LogP contribution in [0.15, 0.2) is 24.3 Å². The van der Waals surface area contributed by atoms with Crippen LogP contribution in [0.5, 0.6) is 0 Å². The van der Waals surface area contributed by atoms with Crippen LogP contribution in [0.2, 0.25) is 0 Å². The predicted octanol–water partition coefficient (Wildman–Crippen LogP) is 1.14. The SMILES string of the molecule is CC(C)COC(=O)c1ccc(NC(=O)[C@@H]2C[C@H](N3CCN(S(C)(=O)=O)CC3)CN2C(=O)O)cc1. The number of likely N-dealkylation sites (tertiary alicyclic amines) is 1. The molecule has 1 aromatic rings. The third-order valence-electron chi connectivity index (χ3n) is 6.02. The van der Waals surface area contributed by atoms with E-state index in [-0.39, 0.29) is 18.5 Å². The standard InChI is InChI=1S/C22H32N4O7S/c1-15(2)14-33-21(28)16-4-6-17(7-5-16)23-20(27)19-12-18(13-26(19)22(29)30)24-8-10-25(11-9-24)34(3,31)32/h4-7,15,18-19H,8-14H2,1-3H3,(H,23,27)(H,29,30)/t18-,19-/m0/s1. The third kappa shape index (κ3) is 6.45. The number of nitrogens with one attached hydrogen (secondary N) is 1. The maximum Gasteiger partial charge on any atom is 0.408 e. The highest BCUT2D eigenvalue weighted by Crippen LogP contribution is 2.25. The van der Waals surface area contributed by atoms with Crippen molar-refractivity contribution in [2.24, 2.45) is 5.92 Å². The van der Waals surface area contributed by atoms with E-state index in [4.69, 9.17) is 4.74 Å². The predicted molar refractivity (Wildman–Crippen MR) is 125 cm³/mol. The molecule has 2 aliphatic heterocycles. The molecule has 12 heteroatoms. The van der Waals surface area contributed by atoms with Crippen molar-refractivity contribution < 1.29 is 32.6 Å². The fourth-order valence-corrected chi connectivity index (χ4v) is 5.01. The van der Waals surface area contributed by atoms with Gasteiger partial charge < -0.3 is 15.2 Å². The van der Waals surface area contributed by atoms with E-state index >= 15 is 0 Å². The van der Waals surface area contributed by atoms with Crippen molar-refractivity contribution >= 4 is 33.7 Å². The molecule has 2 heterocycles. The number of carbonyl (C=O) groups excluding carboxylic acids is 2. The number of carbonyl (C=O) groups is 3. The number of carboxylic acid groups (broad SMARTS) is 1. The van der Waals surface area contributed by atoms with Crippen LogP contribution in [0, 0.1) is 5.92 Å². The van der Waals surface area contributed by atoms with Crippen molar-refractivity contribution in [3.05, 3.63) is 29.8 Å². The van der Waals surface area contributed by atoms with Gasteiger partial charge in [-0.05, 0) is 36.6 Å². The van der Waals surface area contributed by atoms with Crippen LogP contribution < -0.4 is 5.32 Å². The Hall–Kier alpha value is -2.70. The second-order valence-corrected chi connectivity index (χ2v) is 11.1. The first kappa shape index (κ1) is 25.9. The van der Waals surface area contributed by atoms with Gasteiger partial charge in [0.15, 0.2) is 0 Å². The summed E-state index contributed by atoms with van der Waals surface area (Å²) in [6.07, 6.45) is 0.309. The van der Waals surface area contributed by atoms with Crippen LogP contribution in [0.4, 0.5) is 10.5 Å². The zero-order chi connectivity index (χ0) is 25.0. The average Bonchev–Trinajstić information content (AvgIpc) is 3.23. The fourth-order valence-electron chi connectivity index (χ4n) is 4.18. The molecule has 0 aliphatic carbocycles. The molecule has 0 saturated carbocycles. The van der Waals surface area contributed by atoms with Gasteiger partial charge in [0.2, 0.25) is 15.9 Å². The number of hydrogen-bond acceptors (Lipinski definition) is 7. The Kier molecular flexibility index (Phi) is 8.16. The molecule has 0 bridgehead atoms. The molecule has 0 radical (unpaired) electrons. The van der Waals surface area contributed by atoms with Crippen molar-refractivity contribution in [3.63, 3.8) is 0 Å². The molecule has 2 fully saturated rings. The van der Waals surface area contributed by atoms with Crippen LogP contribution in [0.3, 0.4) is 0 Å². The minimum atomic E-state index is -3.26. The highest BCUT2D eigenvalue weighted by atomic mass is 32.2. The van der Waals surface area contributed by atoms with E-state index in [2.05, 4.69) is 5.32 Å². The van der Waals surface area contributed by atoms with Gasteiger partial charge in [-0.3, -0.25) is 14.6 Å². The molecule has 2 N–H and O–H groups in total. The molecule has 0 spiro atoms. The van der Waals surface area contributed by atoms with E-state index in [1.165, 1.54) is 10.6 Å². The molecule has 1 aromatic carbocycles. The number of piperazine rings is 1. The molecule has 2 saturated heterocycles. The lowest BCUT2D eigenvalue weighted by atomic mass is 10.1. The van der Waals surface area contributed by atoms with Gasteiger partial charge in [0.05, 0.1) is 18.4 Å². The molecule has 34 heavy (non-hydrogen) atoms. The smallest absolute Gasteiger partial charge is 0.408 e. The van der Waals surface area contributed by atoms with Crippen molar-refractivity contribution in [2.75, 3.05) is 50.9 Å². The fraction of sp³-hybridized carbons (Fsp3) is 0.591. The number of anilines is 1. The normalized spacial score (nSPS) is 22.1. The van der Waals surface area contributed by atoms with E-state index in [1.807, 2.05) is 18.7 Å². The second-order valence-electron chi connectivity index (χ2n) is 9.10.